The Morgan fingerprint density at radius 3 is 2.13 bits per heavy atom. The van der Waals surface area contributed by atoms with E-state index in [2.05, 4.69) is 62.4 Å². The average molecular weight is 1020 g/mol. The molecule has 2 aromatic carbocycles. The molecule has 0 bridgehead atoms. The molecule has 1 spiro atoms. The first-order chi connectivity index (χ1) is 36.4. The first-order valence-electron chi connectivity index (χ1n) is 27.4. The van der Waals surface area contributed by atoms with E-state index in [9.17, 15) is 19.2 Å². The predicted molar refractivity (Wildman–Crippen MR) is 284 cm³/mol. The number of nitrogens with zero attached hydrogens (tertiary/aromatic N) is 10. The van der Waals surface area contributed by atoms with Gasteiger partial charge >= 0.3 is 6.03 Å². The Bertz CT molecular complexity index is 3020. The lowest BCUT2D eigenvalue weighted by molar-refractivity contribution is -0.144. The number of pyridine rings is 2. The number of urea groups is 1. The van der Waals surface area contributed by atoms with Gasteiger partial charge in [-0.1, -0.05) is 18.6 Å². The largest absolute Gasteiger partial charge is 0.371 e. The molecule has 17 nitrogen and oxygen atoms in total. The molecule has 1 aliphatic carbocycles. The van der Waals surface area contributed by atoms with Crippen LogP contribution in [0.1, 0.15) is 103 Å². The van der Waals surface area contributed by atoms with Crippen molar-refractivity contribution in [3.63, 3.8) is 0 Å². The molecule has 7 aliphatic rings. The van der Waals surface area contributed by atoms with Gasteiger partial charge in [-0.15, -0.1) is 0 Å². The van der Waals surface area contributed by atoms with Crippen molar-refractivity contribution in [2.45, 2.75) is 114 Å². The number of piperidine rings is 4. The standard InChI is InChI=1S/C57H67FN12O5/c1-36(2)69-35-60-48-33-47(62-52(51(48)69)61-46-12-20-59-34-45(46)58)39-6-11-44-49(30-39)70(43-31-42(32-43)64-21-4-3-5-22-64)55(74)57(44)18-28-67(29-19-57)54(73)38-15-25-66(26-16-38)53(72)37-13-23-65(24-14-37)40-7-9-41(10-8-40)68-27-17-50(71)63-56(68)75/h6-12,20,30,33-38,42-43H,3-5,13-19,21-29,31-32H2,1-2H3,(H,59,61,62)(H,63,71,75)/t42-,43+. The molecule has 392 valence electrons. The number of carbonyl (C=O) groups excluding carboxylic acids is 5. The minimum Gasteiger partial charge on any atom is -0.371 e. The lowest BCUT2D eigenvalue weighted by Crippen LogP contribution is -2.58. The summed E-state index contributed by atoms with van der Waals surface area (Å²) in [7, 11) is 0. The number of rotatable bonds is 10. The van der Waals surface area contributed by atoms with Crippen molar-refractivity contribution in [1.82, 2.24) is 39.5 Å². The molecule has 2 N–H and O–H groups in total. The van der Waals surface area contributed by atoms with Crippen molar-refractivity contribution in [3.8, 4) is 11.3 Å². The van der Waals surface area contributed by atoms with Crippen LogP contribution in [0.15, 0.2) is 73.3 Å². The Kier molecular flexibility index (Phi) is 13.0. The van der Waals surface area contributed by atoms with Crippen LogP contribution < -0.4 is 25.3 Å². The number of hydrogen-bond acceptors (Lipinski definition) is 11. The molecule has 9 heterocycles. The number of hydrogen-bond donors (Lipinski definition) is 2. The van der Waals surface area contributed by atoms with E-state index < -0.39 is 17.3 Å². The maximum absolute atomic E-state index is 15.3. The van der Waals surface area contributed by atoms with E-state index in [1.54, 1.807) is 23.5 Å². The minimum atomic E-state index is -0.747. The van der Waals surface area contributed by atoms with Crippen molar-refractivity contribution < 1.29 is 28.4 Å². The van der Waals surface area contributed by atoms with Gasteiger partial charge in [-0.2, -0.15) is 0 Å². The van der Waals surface area contributed by atoms with Gasteiger partial charge in [0.15, 0.2) is 11.6 Å². The van der Waals surface area contributed by atoms with E-state index in [4.69, 9.17) is 9.97 Å². The Hall–Kier alpha value is -6.95. The van der Waals surface area contributed by atoms with Crippen molar-refractivity contribution in [2.24, 2.45) is 11.8 Å². The molecule has 75 heavy (non-hydrogen) atoms. The maximum atomic E-state index is 15.3. The zero-order valence-corrected chi connectivity index (χ0v) is 43.1. The van der Waals surface area contributed by atoms with E-state index >= 15 is 9.18 Å². The summed E-state index contributed by atoms with van der Waals surface area (Å²) >= 11 is 0. The summed E-state index contributed by atoms with van der Waals surface area (Å²) in [6.45, 7) is 10.3. The smallest absolute Gasteiger partial charge is 0.328 e. The second-order valence-electron chi connectivity index (χ2n) is 22.3. The molecule has 6 amide bonds. The van der Waals surface area contributed by atoms with Gasteiger partial charge in [-0.05, 0) is 139 Å². The van der Waals surface area contributed by atoms with Crippen LogP contribution in [-0.4, -0.2) is 135 Å². The number of imidazole rings is 1. The number of benzene rings is 2. The number of halogens is 1. The third-order valence-corrected chi connectivity index (χ3v) is 17.7. The number of likely N-dealkylation sites (tertiary alicyclic amines) is 3. The fraction of sp³-hybridized carbons (Fsp3) is 0.509. The lowest BCUT2D eigenvalue weighted by Gasteiger charge is -2.48. The van der Waals surface area contributed by atoms with Gasteiger partial charge in [-0.3, -0.25) is 34.4 Å². The highest BCUT2D eigenvalue weighted by molar-refractivity contribution is 6.10. The van der Waals surface area contributed by atoms with E-state index in [1.165, 1.54) is 25.5 Å². The van der Waals surface area contributed by atoms with Crippen molar-refractivity contribution in [1.29, 1.82) is 0 Å². The van der Waals surface area contributed by atoms with Gasteiger partial charge in [0.2, 0.25) is 23.6 Å². The summed E-state index contributed by atoms with van der Waals surface area (Å²) in [5.74, 6) is -0.0521. The SMILES string of the molecule is CC(C)n1cnc2cc(-c3ccc4c(c3)N([C@H]3C[C@@H](N5CCCCC5)C3)C(=O)C43CCN(C(=O)C4CCN(C(=O)C5CCN(c6ccc(N7CCC(=O)NC7=O)cc6)CC5)CC4)CC3)nc(Nc3ccncc3F)c21. The van der Waals surface area contributed by atoms with Crippen LogP contribution in [-0.2, 0) is 24.6 Å². The molecule has 12 rings (SSSR count). The highest BCUT2D eigenvalue weighted by Gasteiger charge is 2.56. The lowest BCUT2D eigenvalue weighted by atomic mass is 9.73. The third-order valence-electron chi connectivity index (χ3n) is 17.7. The van der Waals surface area contributed by atoms with Crippen LogP contribution in [0.2, 0.25) is 0 Å². The predicted octanol–water partition coefficient (Wildman–Crippen LogP) is 7.78. The van der Waals surface area contributed by atoms with Gasteiger partial charge in [0, 0.05) is 111 Å². The topological polar surface area (TPSA) is 172 Å². The Morgan fingerprint density at radius 1 is 0.773 bits per heavy atom. The molecule has 3 aromatic heterocycles. The second-order valence-corrected chi connectivity index (χ2v) is 22.3. The number of fused-ring (bicyclic) bond motifs is 3. The molecule has 0 radical (unpaired) electrons. The molecular formula is C57H67FN12O5. The molecule has 5 saturated heterocycles. The molecule has 18 heteroatoms. The summed E-state index contributed by atoms with van der Waals surface area (Å²) in [6, 6.07) is 17.9. The molecule has 1 saturated carbocycles. The minimum absolute atomic E-state index is 0.0637. The Balaban J connectivity index is 0.712. The van der Waals surface area contributed by atoms with E-state index in [1.807, 2.05) is 44.7 Å². The van der Waals surface area contributed by atoms with Crippen molar-refractivity contribution >= 4 is 69.3 Å². The number of anilines is 5. The number of nitrogens with one attached hydrogen (secondary N) is 2. The Morgan fingerprint density at radius 2 is 1.45 bits per heavy atom. The van der Waals surface area contributed by atoms with Crippen LogP contribution in [0, 0.1) is 17.7 Å². The highest BCUT2D eigenvalue weighted by Crippen LogP contribution is 2.52. The van der Waals surface area contributed by atoms with Gasteiger partial charge in [0.25, 0.3) is 0 Å². The first-order valence-corrected chi connectivity index (χ1v) is 27.4. The van der Waals surface area contributed by atoms with E-state index in [-0.39, 0.29) is 59.7 Å². The summed E-state index contributed by atoms with van der Waals surface area (Å²) < 4.78 is 17.1. The Labute approximate surface area is 436 Å². The van der Waals surface area contributed by atoms with E-state index in [0.29, 0.717) is 76.0 Å². The summed E-state index contributed by atoms with van der Waals surface area (Å²) in [4.78, 5) is 93.8. The fourth-order valence-corrected chi connectivity index (χ4v) is 13.2. The third kappa shape index (κ3) is 9.05. The zero-order chi connectivity index (χ0) is 51.5. The number of imide groups is 1. The maximum Gasteiger partial charge on any atom is 0.328 e. The van der Waals surface area contributed by atoms with Crippen molar-refractivity contribution in [2.75, 3.05) is 78.9 Å². The van der Waals surface area contributed by atoms with Crippen LogP contribution in [0.25, 0.3) is 22.3 Å². The van der Waals surface area contributed by atoms with E-state index in [0.717, 1.165) is 91.1 Å². The first kappa shape index (κ1) is 49.0. The molecule has 6 fully saturated rings. The van der Waals surface area contributed by atoms with Gasteiger partial charge < -0.3 is 34.4 Å². The zero-order valence-electron chi connectivity index (χ0n) is 43.1. The molecular weight excluding hydrogens is 952 g/mol. The average Bonchev–Trinajstić information content (AvgIpc) is 3.96. The molecule has 0 unspecified atom stereocenters. The van der Waals surface area contributed by atoms with Gasteiger partial charge in [0.05, 0.1) is 34.8 Å². The summed E-state index contributed by atoms with van der Waals surface area (Å²) in [5.41, 5.74) is 6.23. The molecule has 6 aliphatic heterocycles. The normalized spacial score (nSPS) is 22.8. The summed E-state index contributed by atoms with van der Waals surface area (Å²) in [5, 5.41) is 5.62. The number of amides is 6. The number of carbonyl (C=O) groups is 5. The molecule has 0 atom stereocenters. The van der Waals surface area contributed by atoms with Crippen LogP contribution >= 0.6 is 0 Å². The molecule has 5 aromatic rings. The van der Waals surface area contributed by atoms with Crippen LogP contribution in [0.3, 0.4) is 0 Å². The number of aromatic nitrogens is 4. The van der Waals surface area contributed by atoms with Crippen LogP contribution in [0.4, 0.5) is 37.8 Å². The van der Waals surface area contributed by atoms with Gasteiger partial charge in [0.1, 0.15) is 5.52 Å². The van der Waals surface area contributed by atoms with Gasteiger partial charge in [-0.25, -0.2) is 19.2 Å². The van der Waals surface area contributed by atoms with Crippen LogP contribution in [0.5, 0.6) is 0 Å². The summed E-state index contributed by atoms with van der Waals surface area (Å²) in [6.07, 6.45) is 14.2. The van der Waals surface area contributed by atoms with Crippen molar-refractivity contribution in [3.05, 3.63) is 84.7 Å². The monoisotopic (exact) mass is 1020 g/mol. The highest BCUT2D eigenvalue weighted by atomic mass is 19.1. The second kappa shape index (κ2) is 20.0. The fourth-order valence-electron chi connectivity index (χ4n) is 13.2. The quantitative estimate of drug-likeness (QED) is 0.140.